The summed E-state index contributed by atoms with van der Waals surface area (Å²) in [6, 6.07) is 0. The minimum atomic E-state index is -1.25. The third kappa shape index (κ3) is 47.4. The van der Waals surface area contributed by atoms with Crippen LogP contribution in [0.5, 0.6) is 0 Å². The van der Waals surface area contributed by atoms with Crippen molar-refractivity contribution in [3.05, 3.63) is 68.3 Å². The Morgan fingerprint density at radius 2 is 1.29 bits per heavy atom. The fourth-order valence-corrected chi connectivity index (χ4v) is 2.03. The Balaban J connectivity index is -0.0000000912. The molecule has 0 unspecified atom stereocenters. The molecule has 0 heterocycles. The summed E-state index contributed by atoms with van der Waals surface area (Å²) in [6.07, 6.45) is 12.5. The summed E-state index contributed by atoms with van der Waals surface area (Å²) >= 11 is 0. The maximum Gasteiger partial charge on any atom is 0 e. The van der Waals surface area contributed by atoms with Gasteiger partial charge in [0, 0.05) is 23.8 Å². The topological polar surface area (TPSA) is 109 Å². The van der Waals surface area contributed by atoms with E-state index in [4.69, 9.17) is 34.4 Å². The van der Waals surface area contributed by atoms with E-state index in [1.165, 1.54) is 16.3 Å². The number of hydrogen-bond acceptors (Lipinski definition) is 1. The van der Waals surface area contributed by atoms with Crippen LogP contribution in [-0.4, -0.2) is 21.3 Å². The summed E-state index contributed by atoms with van der Waals surface area (Å²) in [4.78, 5) is 0. The summed E-state index contributed by atoms with van der Waals surface area (Å²) in [5.41, 5.74) is 2.65. The number of allylic oxidation sites excluding steroid dienone is 3. The van der Waals surface area contributed by atoms with Crippen molar-refractivity contribution in [2.75, 3.05) is 13.2 Å². The van der Waals surface area contributed by atoms with E-state index in [2.05, 4.69) is 91.4 Å². The van der Waals surface area contributed by atoms with E-state index < -0.39 is 8.07 Å². The predicted octanol–water partition coefficient (Wildman–Crippen LogP) is 4.94. The maximum absolute atomic E-state index is 7.50. The molecule has 0 radical (unpaired) electrons. The first-order chi connectivity index (χ1) is 14.3. The molecule has 0 aliphatic heterocycles. The van der Waals surface area contributed by atoms with E-state index in [0.29, 0.717) is 13.2 Å². The minimum Gasteiger partial charge on any atom is 0 e. The normalized spacial score (nSPS) is 8.84. The van der Waals surface area contributed by atoms with Crippen LogP contribution in [0.3, 0.4) is 0 Å². The van der Waals surface area contributed by atoms with Crippen LogP contribution in [0.2, 0.25) is 19.6 Å². The van der Waals surface area contributed by atoms with Gasteiger partial charge in [0.1, 0.15) is 0 Å². The molecule has 0 saturated carbocycles. The molecular formula is C23H30CrO6Si. The van der Waals surface area contributed by atoms with Crippen LogP contribution >= 0.6 is 0 Å². The van der Waals surface area contributed by atoms with Crippen LogP contribution in [0, 0.1) is 45.6 Å². The molecule has 31 heavy (non-hydrogen) atoms. The second-order valence-corrected chi connectivity index (χ2v) is 11.6. The molecule has 0 aliphatic rings. The zero-order valence-electron chi connectivity index (χ0n) is 18.8. The summed E-state index contributed by atoms with van der Waals surface area (Å²) in [5.74, 6) is 2.63. The molecule has 0 atom stereocenters. The van der Waals surface area contributed by atoms with Crippen LogP contribution in [0.25, 0.3) is 0 Å². The van der Waals surface area contributed by atoms with Gasteiger partial charge in [-0.15, -0.1) is 18.9 Å². The number of hydrogen-bond donors (Lipinski definition) is 0. The fraction of sp³-hybridized carbons (Fsp3) is 0.435. The Bertz CT molecular complexity index is 576. The molecule has 0 N–H and O–H groups in total. The molecule has 0 aromatic carbocycles. The predicted molar refractivity (Wildman–Crippen MR) is 113 cm³/mol. The molecule has 0 aromatic rings. The number of terminal acetylenes is 1. The third-order valence-electron chi connectivity index (χ3n) is 3.27. The van der Waals surface area contributed by atoms with E-state index in [-0.39, 0.29) is 17.4 Å². The van der Waals surface area contributed by atoms with Gasteiger partial charge in [0.2, 0.25) is 0 Å². The average Bonchev–Trinajstić information content (AvgIpc) is 2.78. The largest absolute Gasteiger partial charge is 0 e. The summed E-state index contributed by atoms with van der Waals surface area (Å²) in [6.45, 7) is 39.2. The van der Waals surface area contributed by atoms with Gasteiger partial charge in [-0.2, -0.15) is 0 Å². The standard InChI is InChI=1S/C18H30OSi.5CO.Cr/c1-8-9-11-16(2)12-10-13-17(3)14-19-15-18(4)20(5,6)7;5*1-2;/h1,11,13H,4,9-10,12,14-15H2,2-3,5-7H3;;;;;;/b16-11+,17-13+;;;;;;. The molecule has 0 rings (SSSR count). The zero-order chi connectivity index (χ0) is 25.6. The molecule has 0 aromatic heterocycles. The van der Waals surface area contributed by atoms with E-state index in [9.17, 15) is 0 Å². The molecule has 0 bridgehead atoms. The van der Waals surface area contributed by atoms with Crippen molar-refractivity contribution in [1.29, 1.82) is 0 Å². The van der Waals surface area contributed by atoms with Crippen LogP contribution in [0.4, 0.5) is 0 Å². The van der Waals surface area contributed by atoms with Crippen molar-refractivity contribution in [1.82, 2.24) is 0 Å². The second-order valence-electron chi connectivity index (χ2n) is 6.39. The van der Waals surface area contributed by atoms with Crippen molar-refractivity contribution in [3.63, 3.8) is 0 Å². The van der Waals surface area contributed by atoms with Gasteiger partial charge in [-0.1, -0.05) is 48.1 Å². The van der Waals surface area contributed by atoms with Gasteiger partial charge in [-0.3, -0.25) is 0 Å². The minimum absolute atomic E-state index is 0. The molecule has 8 heteroatoms. The first-order valence-electron chi connectivity index (χ1n) is 8.30. The summed E-state index contributed by atoms with van der Waals surface area (Å²) in [7, 11) is -1.25. The van der Waals surface area contributed by atoms with Crippen molar-refractivity contribution in [3.8, 4) is 12.3 Å². The quantitative estimate of drug-likeness (QED) is 0.150. The number of ether oxygens (including phenoxy) is 1. The van der Waals surface area contributed by atoms with Crippen molar-refractivity contribution < 1.29 is 45.4 Å². The number of rotatable bonds is 9. The molecule has 6 nitrogen and oxygen atoms in total. The molecule has 0 saturated heterocycles. The SMILES string of the molecule is C#CC/C=C(\C)CC/C=C(\C)COCC(=C)[Si](C)(C)C.[C-]#[O+].[C-]#[O+].[C-]#[O+].[C-]#[O+].[C-]#[O+].[Cr]. The molecule has 0 fully saturated rings. The van der Waals surface area contributed by atoms with Crippen molar-refractivity contribution in [2.45, 2.75) is 52.8 Å². The van der Waals surface area contributed by atoms with Gasteiger partial charge in [0.25, 0.3) is 0 Å². The molecular weight excluding hydrogens is 452 g/mol. The Labute approximate surface area is 199 Å². The molecule has 0 spiro atoms. The Morgan fingerprint density at radius 1 is 0.871 bits per heavy atom. The second kappa shape index (κ2) is 42.3. The van der Waals surface area contributed by atoms with Crippen LogP contribution in [0.15, 0.2) is 35.1 Å². The van der Waals surface area contributed by atoms with Gasteiger partial charge in [-0.25, -0.2) is 0 Å². The summed E-state index contributed by atoms with van der Waals surface area (Å²) in [5, 5.41) is 1.28. The maximum atomic E-state index is 7.50. The van der Waals surface area contributed by atoms with Gasteiger partial charge in [0.05, 0.1) is 21.3 Å². The van der Waals surface area contributed by atoms with Gasteiger partial charge >= 0.3 is 56.5 Å². The average molecular weight is 483 g/mol. The van der Waals surface area contributed by atoms with Gasteiger partial charge in [-0.05, 0) is 26.7 Å². The van der Waals surface area contributed by atoms with E-state index in [1.807, 2.05) is 0 Å². The van der Waals surface area contributed by atoms with Crippen LogP contribution < -0.4 is 0 Å². The third-order valence-corrected chi connectivity index (χ3v) is 5.53. The molecule has 0 amide bonds. The van der Waals surface area contributed by atoms with E-state index >= 15 is 0 Å². The monoisotopic (exact) mass is 482 g/mol. The van der Waals surface area contributed by atoms with Crippen LogP contribution in [-0.2, 0) is 45.4 Å². The Hall–Kier alpha value is -1.81. The first kappa shape index (κ1) is 47.1. The molecule has 0 aliphatic carbocycles. The van der Waals surface area contributed by atoms with Crippen LogP contribution in [0.1, 0.15) is 33.1 Å². The van der Waals surface area contributed by atoms with E-state index in [1.54, 1.807) is 0 Å². The van der Waals surface area contributed by atoms with Gasteiger partial charge in [0.15, 0.2) is 0 Å². The first-order valence-corrected chi connectivity index (χ1v) is 11.8. The van der Waals surface area contributed by atoms with Crippen molar-refractivity contribution in [2.24, 2.45) is 0 Å². The Kier molecular flexibility index (Phi) is 64.3. The van der Waals surface area contributed by atoms with Gasteiger partial charge < -0.3 is 4.74 Å². The van der Waals surface area contributed by atoms with E-state index in [0.717, 1.165) is 19.3 Å². The molecule has 168 valence electrons. The smallest absolute Gasteiger partial charge is 0 e. The fourth-order valence-electron chi connectivity index (χ4n) is 1.49. The summed E-state index contributed by atoms with van der Waals surface area (Å²) < 4.78 is 43.2. The zero-order valence-corrected chi connectivity index (χ0v) is 21.1. The van der Waals surface area contributed by atoms with Crippen molar-refractivity contribution >= 4 is 8.07 Å². The Morgan fingerprint density at radius 3 is 1.65 bits per heavy atom.